The van der Waals surface area contributed by atoms with Gasteiger partial charge in [-0.15, -0.1) is 11.8 Å². The van der Waals surface area contributed by atoms with Gasteiger partial charge in [-0.25, -0.2) is 0 Å². The quantitative estimate of drug-likeness (QED) is 0.513. The van der Waals surface area contributed by atoms with Crippen molar-refractivity contribution in [1.29, 1.82) is 0 Å². The highest BCUT2D eigenvalue weighted by atomic mass is 35.5. The van der Waals surface area contributed by atoms with Gasteiger partial charge >= 0.3 is 0 Å². The van der Waals surface area contributed by atoms with E-state index in [2.05, 4.69) is 20.4 Å². The van der Waals surface area contributed by atoms with Gasteiger partial charge in [-0.3, -0.25) is 9.59 Å². The Morgan fingerprint density at radius 1 is 1.09 bits per heavy atom. The first-order valence-corrected chi connectivity index (χ1v) is 11.9. The first-order valence-electron chi connectivity index (χ1n) is 10.6. The summed E-state index contributed by atoms with van der Waals surface area (Å²) in [4.78, 5) is 34.4. The number of carbonyl (C=O) groups is 2. The van der Waals surface area contributed by atoms with Crippen LogP contribution < -0.4 is 10.2 Å². The Bertz CT molecular complexity index is 1110. The van der Waals surface area contributed by atoms with Crippen LogP contribution >= 0.6 is 23.4 Å². The summed E-state index contributed by atoms with van der Waals surface area (Å²) in [5, 5.41) is 7.35. The predicted octanol–water partition coefficient (Wildman–Crippen LogP) is 3.40. The molecule has 0 unspecified atom stereocenters. The van der Waals surface area contributed by atoms with Crippen molar-refractivity contribution in [1.82, 2.24) is 20.4 Å². The maximum Gasteiger partial charge on any atom is 0.252 e. The lowest BCUT2D eigenvalue weighted by Gasteiger charge is -2.36. The molecule has 1 saturated heterocycles. The van der Waals surface area contributed by atoms with Crippen LogP contribution in [0.25, 0.3) is 0 Å². The molecule has 1 fully saturated rings. The highest BCUT2D eigenvalue weighted by Gasteiger charge is 2.22. The van der Waals surface area contributed by atoms with Gasteiger partial charge in [0.05, 0.1) is 17.9 Å². The zero-order valence-electron chi connectivity index (χ0n) is 18.2. The fourth-order valence-electron chi connectivity index (χ4n) is 3.55. The van der Waals surface area contributed by atoms with Crippen LogP contribution in [0.15, 0.2) is 57.9 Å². The molecular formula is C23H24ClN5O3S. The zero-order chi connectivity index (χ0) is 23.2. The molecule has 0 bridgehead atoms. The van der Waals surface area contributed by atoms with Crippen LogP contribution in [0.2, 0.25) is 5.02 Å². The molecule has 0 saturated carbocycles. The maximum atomic E-state index is 12.8. The van der Waals surface area contributed by atoms with Crippen LogP contribution in [0, 0.1) is 6.92 Å². The predicted molar refractivity (Wildman–Crippen MR) is 128 cm³/mol. The lowest BCUT2D eigenvalue weighted by atomic mass is 10.2. The van der Waals surface area contributed by atoms with Gasteiger partial charge in [-0.2, -0.15) is 4.98 Å². The van der Waals surface area contributed by atoms with E-state index in [1.165, 1.54) is 11.8 Å². The largest absolute Gasteiger partial charge is 0.368 e. The maximum absolute atomic E-state index is 12.8. The molecule has 8 nitrogen and oxygen atoms in total. The summed E-state index contributed by atoms with van der Waals surface area (Å²) in [6, 6.07) is 15.0. The van der Waals surface area contributed by atoms with E-state index >= 15 is 0 Å². The van der Waals surface area contributed by atoms with Crippen LogP contribution in [-0.4, -0.2) is 59.6 Å². The number of piperazine rings is 1. The lowest BCUT2D eigenvalue weighted by molar-refractivity contribution is -0.130. The minimum absolute atomic E-state index is 0.0389. The van der Waals surface area contributed by atoms with Crippen LogP contribution in [0.4, 0.5) is 5.69 Å². The van der Waals surface area contributed by atoms with Crippen LogP contribution in [0.5, 0.6) is 0 Å². The molecule has 0 radical (unpaired) electrons. The van der Waals surface area contributed by atoms with Gasteiger partial charge in [0, 0.05) is 48.7 Å². The SMILES string of the molecule is Cc1nc(CSc2ccccc2C(=O)NCC(=O)N2CCN(c3ccc(Cl)cc3)CC2)no1. The first-order chi connectivity index (χ1) is 16.0. The molecule has 10 heteroatoms. The second kappa shape index (κ2) is 10.7. The van der Waals surface area contributed by atoms with Crippen molar-refractivity contribution < 1.29 is 14.1 Å². The number of rotatable bonds is 7. The van der Waals surface area contributed by atoms with E-state index in [0.717, 1.165) is 23.7 Å². The molecule has 2 amide bonds. The van der Waals surface area contributed by atoms with Crippen LogP contribution in [0.3, 0.4) is 0 Å². The van der Waals surface area contributed by atoms with Crippen molar-refractivity contribution >= 4 is 40.9 Å². The molecule has 4 rings (SSSR count). The molecule has 2 heterocycles. The van der Waals surface area contributed by atoms with E-state index in [1.807, 2.05) is 36.4 Å². The van der Waals surface area contributed by atoms with Crippen molar-refractivity contribution in [2.24, 2.45) is 0 Å². The fraction of sp³-hybridized carbons (Fsp3) is 0.304. The first kappa shape index (κ1) is 23.1. The number of hydrogen-bond donors (Lipinski definition) is 1. The van der Waals surface area contributed by atoms with Gasteiger partial charge in [0.25, 0.3) is 5.91 Å². The van der Waals surface area contributed by atoms with Gasteiger partial charge in [0.1, 0.15) is 0 Å². The molecule has 0 spiro atoms. The second-order valence-electron chi connectivity index (χ2n) is 7.54. The highest BCUT2D eigenvalue weighted by Crippen LogP contribution is 2.25. The van der Waals surface area contributed by atoms with Gasteiger partial charge in [-0.1, -0.05) is 28.9 Å². The van der Waals surface area contributed by atoms with Crippen molar-refractivity contribution in [2.75, 3.05) is 37.6 Å². The van der Waals surface area contributed by atoms with Gasteiger partial charge in [-0.05, 0) is 36.4 Å². The standard InChI is InChI=1S/C23H24ClN5O3S/c1-16-26-21(27-32-16)15-33-20-5-3-2-4-19(20)23(31)25-14-22(30)29-12-10-28(11-13-29)18-8-6-17(24)7-9-18/h2-9H,10-15H2,1H3,(H,25,31). The number of hydrogen-bond acceptors (Lipinski definition) is 7. The average Bonchev–Trinajstić information content (AvgIpc) is 3.27. The molecular weight excluding hydrogens is 462 g/mol. The van der Waals surface area contributed by atoms with E-state index in [1.54, 1.807) is 24.0 Å². The molecule has 3 aromatic rings. The number of anilines is 1. The molecule has 1 aliphatic rings. The van der Waals surface area contributed by atoms with E-state index in [9.17, 15) is 9.59 Å². The minimum Gasteiger partial charge on any atom is -0.368 e. The summed E-state index contributed by atoms with van der Waals surface area (Å²) in [6.45, 7) is 4.37. The summed E-state index contributed by atoms with van der Waals surface area (Å²) in [5.41, 5.74) is 1.60. The summed E-state index contributed by atoms with van der Waals surface area (Å²) in [7, 11) is 0. The molecule has 172 valence electrons. The number of thioether (sulfide) groups is 1. The number of carbonyl (C=O) groups excluding carboxylic acids is 2. The third-order valence-electron chi connectivity index (χ3n) is 5.28. The number of nitrogens with zero attached hydrogens (tertiary/aromatic N) is 4. The van der Waals surface area contributed by atoms with Gasteiger partial charge in [0.2, 0.25) is 11.8 Å². The summed E-state index contributed by atoms with van der Waals surface area (Å²) < 4.78 is 4.99. The number of amides is 2. The summed E-state index contributed by atoms with van der Waals surface area (Å²) in [5.74, 6) is 1.19. The molecule has 0 aliphatic carbocycles. The van der Waals surface area contributed by atoms with E-state index < -0.39 is 0 Å². The molecule has 1 aliphatic heterocycles. The number of nitrogens with one attached hydrogen (secondary N) is 1. The lowest BCUT2D eigenvalue weighted by Crippen LogP contribution is -2.51. The Labute approximate surface area is 201 Å². The topological polar surface area (TPSA) is 91.6 Å². The highest BCUT2D eigenvalue weighted by molar-refractivity contribution is 7.98. The second-order valence-corrected chi connectivity index (χ2v) is 8.99. The molecule has 1 N–H and O–H groups in total. The molecule has 1 aromatic heterocycles. The Balaban J connectivity index is 1.27. The monoisotopic (exact) mass is 485 g/mol. The smallest absolute Gasteiger partial charge is 0.252 e. The molecule has 33 heavy (non-hydrogen) atoms. The van der Waals surface area contributed by atoms with Crippen molar-refractivity contribution in [3.05, 3.63) is 70.8 Å². The van der Waals surface area contributed by atoms with Crippen molar-refractivity contribution in [3.8, 4) is 0 Å². The Kier molecular flexibility index (Phi) is 7.51. The van der Waals surface area contributed by atoms with Gasteiger partial charge in [0.15, 0.2) is 5.82 Å². The van der Waals surface area contributed by atoms with E-state index in [0.29, 0.717) is 41.1 Å². The Morgan fingerprint density at radius 2 is 1.82 bits per heavy atom. The summed E-state index contributed by atoms with van der Waals surface area (Å²) >= 11 is 7.41. The van der Waals surface area contributed by atoms with E-state index in [4.69, 9.17) is 16.1 Å². The number of aryl methyl sites for hydroxylation is 1. The Hall–Kier alpha value is -3.04. The fourth-order valence-corrected chi connectivity index (χ4v) is 4.57. The van der Waals surface area contributed by atoms with Crippen LogP contribution in [-0.2, 0) is 10.5 Å². The number of aromatic nitrogens is 2. The summed E-state index contributed by atoms with van der Waals surface area (Å²) in [6.07, 6.45) is 0. The molecule has 2 aromatic carbocycles. The third kappa shape index (κ3) is 6.06. The zero-order valence-corrected chi connectivity index (χ0v) is 19.7. The van der Waals surface area contributed by atoms with Gasteiger partial charge < -0.3 is 19.6 Å². The third-order valence-corrected chi connectivity index (χ3v) is 6.60. The number of halogens is 1. The van der Waals surface area contributed by atoms with Crippen molar-refractivity contribution in [2.45, 2.75) is 17.6 Å². The average molecular weight is 486 g/mol. The van der Waals surface area contributed by atoms with E-state index in [-0.39, 0.29) is 18.4 Å². The Morgan fingerprint density at radius 3 is 2.52 bits per heavy atom. The molecule has 0 atom stereocenters. The number of benzene rings is 2. The van der Waals surface area contributed by atoms with Crippen molar-refractivity contribution in [3.63, 3.8) is 0 Å². The van der Waals surface area contributed by atoms with Crippen LogP contribution in [0.1, 0.15) is 22.1 Å². The normalized spacial score (nSPS) is 13.8. The minimum atomic E-state index is -0.282.